The molecule has 198 valence electrons. The number of thiazole rings is 2. The molecule has 0 saturated carbocycles. The number of oxime groups is 1. The van der Waals surface area contributed by atoms with Gasteiger partial charge in [-0.1, -0.05) is 16.5 Å². The number of anilines is 2. The number of hydrogen-bond acceptors (Lipinski definition) is 13. The zero-order valence-corrected chi connectivity index (χ0v) is 22.9. The van der Waals surface area contributed by atoms with E-state index in [1.54, 1.807) is 16.7 Å². The van der Waals surface area contributed by atoms with Crippen LogP contribution in [-0.4, -0.2) is 76.7 Å². The highest BCUT2D eigenvalue weighted by Crippen LogP contribution is 2.40. The van der Waals surface area contributed by atoms with Gasteiger partial charge in [0.05, 0.1) is 16.4 Å². The van der Waals surface area contributed by atoms with Crippen LogP contribution in [0.1, 0.15) is 5.69 Å². The maximum absolute atomic E-state index is 13.1. The summed E-state index contributed by atoms with van der Waals surface area (Å²) in [5, 5.41) is 20.5. The fourth-order valence-corrected chi connectivity index (χ4v) is 6.85. The number of β-lactam (4-membered cyclic amide) rings is 1. The number of carboxylic acid groups (broad SMARTS) is 1. The minimum atomic E-state index is -1.45. The van der Waals surface area contributed by atoms with Gasteiger partial charge in [0.2, 0.25) is 0 Å². The van der Waals surface area contributed by atoms with E-state index in [0.29, 0.717) is 11.3 Å². The molecular formula is C22H22N8O5S3. The zero-order chi connectivity index (χ0) is 27.1. The number of hydrogen-bond donors (Lipinski definition) is 2. The lowest BCUT2D eigenvalue weighted by Gasteiger charge is -2.50. The van der Waals surface area contributed by atoms with Crippen LogP contribution < -0.4 is 25.6 Å². The van der Waals surface area contributed by atoms with Gasteiger partial charge in [0, 0.05) is 36.9 Å². The van der Waals surface area contributed by atoms with Gasteiger partial charge in [-0.05, 0) is 0 Å². The van der Waals surface area contributed by atoms with E-state index in [1.165, 1.54) is 23.8 Å². The van der Waals surface area contributed by atoms with Gasteiger partial charge >= 0.3 is 0 Å². The number of nitrogens with two attached hydrogens (primary N) is 1. The number of aromatic nitrogens is 3. The number of fused-ring (bicyclic) bond motifs is 2. The summed E-state index contributed by atoms with van der Waals surface area (Å²) in [4.78, 5) is 54.6. The maximum atomic E-state index is 13.1. The first kappa shape index (κ1) is 25.9. The molecule has 5 rings (SSSR count). The van der Waals surface area contributed by atoms with E-state index in [1.807, 2.05) is 42.0 Å². The van der Waals surface area contributed by atoms with Gasteiger partial charge in [0.15, 0.2) is 34.9 Å². The minimum Gasteiger partial charge on any atom is -0.543 e. The third-order valence-corrected chi connectivity index (χ3v) is 9.04. The lowest BCUT2D eigenvalue weighted by Crippen LogP contribution is -2.71. The maximum Gasteiger partial charge on any atom is 0.276 e. The second-order valence-electron chi connectivity index (χ2n) is 8.55. The number of carbonyl (C=O) groups excluding carboxylic acids is 3. The van der Waals surface area contributed by atoms with Crippen LogP contribution >= 0.6 is 34.4 Å². The molecule has 0 spiro atoms. The lowest BCUT2D eigenvalue weighted by atomic mass is 10.0. The predicted molar refractivity (Wildman–Crippen MR) is 141 cm³/mol. The van der Waals surface area contributed by atoms with Crippen LogP contribution in [-0.2, 0) is 25.8 Å². The summed E-state index contributed by atoms with van der Waals surface area (Å²) in [7, 11) is 5.11. The largest absolute Gasteiger partial charge is 0.543 e. The summed E-state index contributed by atoms with van der Waals surface area (Å²) >= 11 is 4.03. The molecule has 0 aliphatic carbocycles. The van der Waals surface area contributed by atoms with Gasteiger partial charge in [-0.2, -0.15) is 4.57 Å². The highest BCUT2D eigenvalue weighted by molar-refractivity contribution is 8.00. The number of amides is 2. The summed E-state index contributed by atoms with van der Waals surface area (Å²) in [5.74, 6) is -2.37. The molecule has 2 amide bonds. The van der Waals surface area contributed by atoms with Crippen molar-refractivity contribution in [3.05, 3.63) is 40.8 Å². The second kappa shape index (κ2) is 10.2. The fourth-order valence-electron chi connectivity index (χ4n) is 4.11. The number of aliphatic carboxylic acids is 1. The van der Waals surface area contributed by atoms with E-state index in [-0.39, 0.29) is 28.8 Å². The molecule has 0 aromatic carbocycles. The predicted octanol–water partition coefficient (Wildman–Crippen LogP) is -0.857. The zero-order valence-electron chi connectivity index (χ0n) is 20.4. The SMILES string of the molecule is CO/N=C(/C(=O)NC1C(=O)N2C(C(=O)[O-])=C(C[n+]3ccc4sc(N(C)C)nc4c3)CS[C@H]12)c1csc(N)n1. The van der Waals surface area contributed by atoms with Gasteiger partial charge in [-0.15, -0.1) is 23.1 Å². The molecule has 0 bridgehead atoms. The van der Waals surface area contributed by atoms with E-state index in [0.717, 1.165) is 26.7 Å². The van der Waals surface area contributed by atoms with Crippen LogP contribution in [0.2, 0.25) is 0 Å². The number of carbonyl (C=O) groups is 3. The highest BCUT2D eigenvalue weighted by atomic mass is 32.2. The molecule has 3 aromatic heterocycles. The van der Waals surface area contributed by atoms with Crippen molar-refractivity contribution in [2.45, 2.75) is 18.0 Å². The topological polar surface area (TPSA) is 170 Å². The Morgan fingerprint density at radius 1 is 1.39 bits per heavy atom. The summed E-state index contributed by atoms with van der Waals surface area (Å²) < 4.78 is 2.84. The van der Waals surface area contributed by atoms with Crippen molar-refractivity contribution >= 4 is 78.4 Å². The van der Waals surface area contributed by atoms with Crippen LogP contribution in [0, 0.1) is 0 Å². The molecule has 13 nitrogen and oxygen atoms in total. The summed E-state index contributed by atoms with van der Waals surface area (Å²) in [6.45, 7) is 0.241. The van der Waals surface area contributed by atoms with Crippen LogP contribution in [0.15, 0.2) is 40.3 Å². The number of thioether (sulfide) groups is 1. The Balaban J connectivity index is 1.35. The van der Waals surface area contributed by atoms with Crippen molar-refractivity contribution in [3.8, 4) is 0 Å². The first-order valence-electron chi connectivity index (χ1n) is 11.2. The summed E-state index contributed by atoms with van der Waals surface area (Å²) in [5.41, 5.74) is 6.85. The Bertz CT molecular complexity index is 1510. The van der Waals surface area contributed by atoms with Crippen molar-refractivity contribution in [3.63, 3.8) is 0 Å². The normalized spacial score (nSPS) is 19.3. The lowest BCUT2D eigenvalue weighted by molar-refractivity contribution is -0.687. The third kappa shape index (κ3) is 4.65. The molecular weight excluding hydrogens is 552 g/mol. The van der Waals surface area contributed by atoms with Gasteiger partial charge < -0.3 is 30.7 Å². The molecule has 16 heteroatoms. The number of pyridine rings is 1. The average molecular weight is 575 g/mol. The van der Waals surface area contributed by atoms with Crippen LogP contribution in [0.25, 0.3) is 10.2 Å². The van der Waals surface area contributed by atoms with E-state index in [4.69, 9.17) is 10.6 Å². The number of carboxylic acids is 1. The molecule has 38 heavy (non-hydrogen) atoms. The number of nitrogens with zero attached hydrogens (tertiary/aromatic N) is 6. The molecule has 0 radical (unpaired) electrons. The van der Waals surface area contributed by atoms with E-state index < -0.39 is 29.2 Å². The standard InChI is InChI=1S/C22H22N8O5S3/c1-28(2)22-25-11-7-29(5-4-13(11)38-22)6-10-8-36-19-15(18(32)30(19)16(10)20(33)34)26-17(31)14(27-35-3)12-9-37-21(23)24-12/h4-5,7,9,15,19H,6,8H2,1-3H3,(H3-,23,24,26,31,33,34)/b27-14+/t15?,19-/m1/s1. The van der Waals surface area contributed by atoms with Crippen LogP contribution in [0.4, 0.5) is 10.3 Å². The van der Waals surface area contributed by atoms with Crippen molar-refractivity contribution in [2.75, 3.05) is 37.6 Å². The monoisotopic (exact) mass is 574 g/mol. The smallest absolute Gasteiger partial charge is 0.276 e. The Kier molecular flexibility index (Phi) is 6.93. The van der Waals surface area contributed by atoms with E-state index in [9.17, 15) is 19.5 Å². The first-order chi connectivity index (χ1) is 18.2. The van der Waals surface area contributed by atoms with Crippen molar-refractivity contribution in [2.24, 2.45) is 5.16 Å². The van der Waals surface area contributed by atoms with Crippen LogP contribution in [0.3, 0.4) is 0 Å². The third-order valence-electron chi connectivity index (χ3n) is 5.82. The van der Waals surface area contributed by atoms with E-state index in [2.05, 4.69) is 20.4 Å². The number of rotatable bonds is 8. The molecule has 1 unspecified atom stereocenters. The molecule has 1 fully saturated rings. The molecule has 5 heterocycles. The average Bonchev–Trinajstić information content (AvgIpc) is 3.51. The molecule has 3 N–H and O–H groups in total. The molecule has 2 aliphatic heterocycles. The van der Waals surface area contributed by atoms with Crippen LogP contribution in [0.5, 0.6) is 0 Å². The Hall–Kier alpha value is -3.76. The number of nitrogens with one attached hydrogen (secondary N) is 1. The Labute approximate surface area is 228 Å². The minimum absolute atomic E-state index is 0.143. The molecule has 2 atom stereocenters. The highest BCUT2D eigenvalue weighted by Gasteiger charge is 2.53. The molecule has 3 aromatic rings. The Morgan fingerprint density at radius 2 is 2.18 bits per heavy atom. The summed E-state index contributed by atoms with van der Waals surface area (Å²) in [6.07, 6.45) is 3.69. The molecule has 1 saturated heterocycles. The van der Waals surface area contributed by atoms with E-state index >= 15 is 0 Å². The number of nitrogen functional groups attached to an aromatic ring is 1. The van der Waals surface area contributed by atoms with Gasteiger partial charge in [0.1, 0.15) is 29.7 Å². The van der Waals surface area contributed by atoms with Crippen molar-refractivity contribution in [1.82, 2.24) is 20.2 Å². The molecule has 2 aliphatic rings. The summed E-state index contributed by atoms with van der Waals surface area (Å²) in [6, 6.07) is 0.970. The quantitative estimate of drug-likeness (QED) is 0.149. The van der Waals surface area contributed by atoms with Gasteiger partial charge in [-0.25, -0.2) is 9.97 Å². The van der Waals surface area contributed by atoms with Crippen molar-refractivity contribution in [1.29, 1.82) is 0 Å². The van der Waals surface area contributed by atoms with Gasteiger partial charge in [0.25, 0.3) is 11.8 Å². The van der Waals surface area contributed by atoms with Crippen molar-refractivity contribution < 1.29 is 28.9 Å². The fraction of sp³-hybridized carbons (Fsp3) is 0.318. The Morgan fingerprint density at radius 3 is 2.84 bits per heavy atom. The first-order valence-corrected chi connectivity index (χ1v) is 13.9. The second-order valence-corrected chi connectivity index (χ2v) is 11.6. The van der Waals surface area contributed by atoms with Gasteiger partial charge in [-0.3, -0.25) is 14.5 Å².